The van der Waals surface area contributed by atoms with E-state index < -0.39 is 0 Å². The highest BCUT2D eigenvalue weighted by molar-refractivity contribution is 6.31. The molecule has 1 aromatic heterocycles. The minimum Gasteiger partial charge on any atom is -0.299 e. The van der Waals surface area contributed by atoms with E-state index in [1.54, 1.807) is 0 Å². The first-order chi connectivity index (χ1) is 9.08. The normalized spacial score (nSPS) is 12.6. The van der Waals surface area contributed by atoms with Crippen molar-refractivity contribution < 1.29 is 0 Å². The third-order valence-electron chi connectivity index (χ3n) is 2.95. The molecular formula is C15H16ClN3. The summed E-state index contributed by atoms with van der Waals surface area (Å²) in [6.07, 6.45) is 0. The SMILES string of the molecule is CC(C#N)CN(C)Cc1ccc2ccc(Cl)cc2n1. The van der Waals surface area contributed by atoms with Crippen molar-refractivity contribution in [3.05, 3.63) is 41.0 Å². The van der Waals surface area contributed by atoms with Gasteiger partial charge in [0, 0.05) is 23.5 Å². The van der Waals surface area contributed by atoms with Gasteiger partial charge in [-0.25, -0.2) is 0 Å². The van der Waals surface area contributed by atoms with E-state index in [9.17, 15) is 0 Å². The van der Waals surface area contributed by atoms with Crippen LogP contribution in [-0.2, 0) is 6.54 Å². The molecule has 1 unspecified atom stereocenters. The van der Waals surface area contributed by atoms with Crippen molar-refractivity contribution in [1.82, 2.24) is 9.88 Å². The number of benzene rings is 1. The number of fused-ring (bicyclic) bond motifs is 1. The summed E-state index contributed by atoms with van der Waals surface area (Å²) in [5.41, 5.74) is 1.90. The molecule has 1 aromatic carbocycles. The van der Waals surface area contributed by atoms with Gasteiger partial charge in [-0.05, 0) is 32.2 Å². The fourth-order valence-corrected chi connectivity index (χ4v) is 2.24. The average Bonchev–Trinajstić information content (AvgIpc) is 2.37. The maximum Gasteiger partial charge on any atom is 0.0720 e. The van der Waals surface area contributed by atoms with Crippen molar-refractivity contribution in [2.45, 2.75) is 13.5 Å². The zero-order valence-electron chi connectivity index (χ0n) is 11.1. The third kappa shape index (κ3) is 3.66. The Morgan fingerprint density at radius 1 is 1.37 bits per heavy atom. The zero-order valence-corrected chi connectivity index (χ0v) is 11.9. The summed E-state index contributed by atoms with van der Waals surface area (Å²) in [6.45, 7) is 3.39. The van der Waals surface area contributed by atoms with Gasteiger partial charge in [0.2, 0.25) is 0 Å². The molecule has 19 heavy (non-hydrogen) atoms. The smallest absolute Gasteiger partial charge is 0.0720 e. The van der Waals surface area contributed by atoms with Gasteiger partial charge in [-0.2, -0.15) is 5.26 Å². The van der Waals surface area contributed by atoms with Gasteiger partial charge in [-0.1, -0.05) is 23.7 Å². The van der Waals surface area contributed by atoms with E-state index in [0.29, 0.717) is 5.02 Å². The molecule has 0 saturated carbocycles. The number of nitriles is 1. The van der Waals surface area contributed by atoms with Crippen LogP contribution in [0.15, 0.2) is 30.3 Å². The first-order valence-electron chi connectivity index (χ1n) is 6.22. The molecule has 0 aliphatic heterocycles. The third-order valence-corrected chi connectivity index (χ3v) is 3.18. The largest absolute Gasteiger partial charge is 0.299 e. The van der Waals surface area contributed by atoms with E-state index in [0.717, 1.165) is 29.7 Å². The van der Waals surface area contributed by atoms with Gasteiger partial charge >= 0.3 is 0 Å². The molecule has 0 fully saturated rings. The summed E-state index contributed by atoms with van der Waals surface area (Å²) in [5, 5.41) is 10.6. The summed E-state index contributed by atoms with van der Waals surface area (Å²) in [7, 11) is 2.00. The second kappa shape index (κ2) is 6.01. The number of hydrogen-bond donors (Lipinski definition) is 0. The van der Waals surface area contributed by atoms with Gasteiger partial charge in [0.1, 0.15) is 0 Å². The first-order valence-corrected chi connectivity index (χ1v) is 6.59. The van der Waals surface area contributed by atoms with Gasteiger partial charge in [0.15, 0.2) is 0 Å². The Kier molecular flexibility index (Phi) is 4.36. The van der Waals surface area contributed by atoms with Gasteiger partial charge in [0.25, 0.3) is 0 Å². The van der Waals surface area contributed by atoms with Crippen LogP contribution in [0.25, 0.3) is 10.9 Å². The van der Waals surface area contributed by atoms with Crippen LogP contribution < -0.4 is 0 Å². The number of rotatable bonds is 4. The summed E-state index contributed by atoms with van der Waals surface area (Å²) >= 11 is 5.98. The molecule has 4 heteroatoms. The molecule has 0 amide bonds. The van der Waals surface area contributed by atoms with Crippen LogP contribution in [0.2, 0.25) is 5.02 Å². The molecular weight excluding hydrogens is 258 g/mol. The van der Waals surface area contributed by atoms with Crippen LogP contribution in [0.1, 0.15) is 12.6 Å². The lowest BCUT2D eigenvalue weighted by Crippen LogP contribution is -2.23. The highest BCUT2D eigenvalue weighted by Gasteiger charge is 2.07. The number of halogens is 1. The lowest BCUT2D eigenvalue weighted by atomic mass is 10.2. The average molecular weight is 274 g/mol. The fraction of sp³-hybridized carbons (Fsp3) is 0.333. The van der Waals surface area contributed by atoms with Crippen LogP contribution in [0, 0.1) is 17.2 Å². The van der Waals surface area contributed by atoms with Gasteiger partial charge in [-0.15, -0.1) is 0 Å². The molecule has 0 aliphatic rings. The molecule has 0 spiro atoms. The molecule has 3 nitrogen and oxygen atoms in total. The highest BCUT2D eigenvalue weighted by Crippen LogP contribution is 2.18. The first kappa shape index (κ1) is 13.8. The summed E-state index contributed by atoms with van der Waals surface area (Å²) in [5.74, 6) is 0.0277. The van der Waals surface area contributed by atoms with Crippen molar-refractivity contribution in [3.8, 4) is 6.07 Å². The lowest BCUT2D eigenvalue weighted by molar-refractivity contribution is 0.300. The van der Waals surface area contributed by atoms with E-state index in [2.05, 4.69) is 22.0 Å². The van der Waals surface area contributed by atoms with Crippen LogP contribution >= 0.6 is 11.6 Å². The summed E-state index contributed by atoms with van der Waals surface area (Å²) < 4.78 is 0. The topological polar surface area (TPSA) is 39.9 Å². The van der Waals surface area contributed by atoms with Crippen molar-refractivity contribution >= 4 is 22.5 Å². The molecule has 0 saturated heterocycles. The quantitative estimate of drug-likeness (QED) is 0.856. The molecule has 0 bridgehead atoms. The van der Waals surface area contributed by atoms with Crippen LogP contribution in [0.4, 0.5) is 0 Å². The second-order valence-electron chi connectivity index (χ2n) is 4.87. The van der Waals surface area contributed by atoms with E-state index in [1.165, 1.54) is 0 Å². The predicted molar refractivity (Wildman–Crippen MR) is 77.9 cm³/mol. The van der Waals surface area contributed by atoms with E-state index in [-0.39, 0.29) is 5.92 Å². The molecule has 0 aliphatic carbocycles. The standard InChI is InChI=1S/C15H16ClN3/c1-11(8-17)9-19(2)10-14-6-4-12-3-5-13(16)7-15(12)18-14/h3-7,11H,9-10H2,1-2H3. The highest BCUT2D eigenvalue weighted by atomic mass is 35.5. The van der Waals surface area contributed by atoms with Crippen molar-refractivity contribution in [2.24, 2.45) is 5.92 Å². The van der Waals surface area contributed by atoms with Crippen molar-refractivity contribution in [3.63, 3.8) is 0 Å². The van der Waals surface area contributed by atoms with E-state index in [1.807, 2.05) is 38.2 Å². The Morgan fingerprint density at radius 2 is 2.11 bits per heavy atom. The molecule has 2 rings (SSSR count). The fourth-order valence-electron chi connectivity index (χ4n) is 2.07. The molecule has 0 N–H and O–H groups in total. The van der Waals surface area contributed by atoms with Crippen molar-refractivity contribution in [2.75, 3.05) is 13.6 Å². The second-order valence-corrected chi connectivity index (χ2v) is 5.30. The summed E-state index contributed by atoms with van der Waals surface area (Å²) in [4.78, 5) is 6.70. The van der Waals surface area contributed by atoms with Gasteiger partial charge in [0.05, 0.1) is 23.2 Å². The maximum absolute atomic E-state index is 8.81. The Bertz CT molecular complexity index is 618. The van der Waals surface area contributed by atoms with Crippen LogP contribution in [0.3, 0.4) is 0 Å². The molecule has 0 radical (unpaired) electrons. The molecule has 1 heterocycles. The monoisotopic (exact) mass is 273 g/mol. The Labute approximate surface area is 118 Å². The molecule has 2 aromatic rings. The Hall–Kier alpha value is -1.63. The number of hydrogen-bond acceptors (Lipinski definition) is 3. The minimum absolute atomic E-state index is 0.0277. The van der Waals surface area contributed by atoms with Crippen LogP contribution in [0.5, 0.6) is 0 Å². The minimum atomic E-state index is 0.0277. The zero-order chi connectivity index (χ0) is 13.8. The number of nitrogens with zero attached hydrogens (tertiary/aromatic N) is 3. The lowest BCUT2D eigenvalue weighted by Gasteiger charge is -2.17. The number of pyridine rings is 1. The van der Waals surface area contributed by atoms with Gasteiger partial charge < -0.3 is 0 Å². The van der Waals surface area contributed by atoms with Gasteiger partial charge in [-0.3, -0.25) is 9.88 Å². The predicted octanol–water partition coefficient (Wildman–Crippen LogP) is 3.48. The van der Waals surface area contributed by atoms with Crippen molar-refractivity contribution in [1.29, 1.82) is 5.26 Å². The maximum atomic E-state index is 8.81. The molecule has 1 atom stereocenters. The number of aromatic nitrogens is 1. The van der Waals surface area contributed by atoms with E-state index >= 15 is 0 Å². The Morgan fingerprint density at radius 3 is 2.84 bits per heavy atom. The van der Waals surface area contributed by atoms with Crippen LogP contribution in [-0.4, -0.2) is 23.5 Å². The molecule has 98 valence electrons. The van der Waals surface area contributed by atoms with E-state index in [4.69, 9.17) is 16.9 Å². The summed E-state index contributed by atoms with van der Waals surface area (Å²) in [6, 6.07) is 12.0. The Balaban J connectivity index is 2.15.